The molecule has 3 rings (SSSR count). The van der Waals surface area contributed by atoms with Gasteiger partial charge in [-0.3, -0.25) is 4.98 Å². The van der Waals surface area contributed by atoms with Gasteiger partial charge in [0.2, 0.25) is 10.7 Å². The third-order valence-corrected chi connectivity index (χ3v) is 3.06. The first-order valence-corrected chi connectivity index (χ1v) is 6.32. The number of hydrogen-bond acceptors (Lipinski definition) is 5. The second-order valence-electron chi connectivity index (χ2n) is 4.33. The fourth-order valence-corrected chi connectivity index (χ4v) is 1.81. The number of rotatable bonds is 4. The van der Waals surface area contributed by atoms with E-state index in [0.717, 1.165) is 5.69 Å². The summed E-state index contributed by atoms with van der Waals surface area (Å²) in [7, 11) is 0. The molecule has 2 aromatic rings. The lowest BCUT2D eigenvalue weighted by Gasteiger charge is -2.07. The number of nitrogens with zero attached hydrogens (tertiary/aromatic N) is 4. The molecule has 0 aliphatic heterocycles. The van der Waals surface area contributed by atoms with Crippen molar-refractivity contribution in [3.05, 3.63) is 41.2 Å². The molecule has 0 atom stereocenters. The van der Waals surface area contributed by atoms with E-state index in [4.69, 9.17) is 12.2 Å². The van der Waals surface area contributed by atoms with E-state index in [1.807, 2.05) is 22.8 Å². The molecule has 0 bridgehead atoms. The summed E-state index contributed by atoms with van der Waals surface area (Å²) >= 11 is 5.26. The largest absolute Gasteiger partial charge is 0.351 e. The van der Waals surface area contributed by atoms with Crippen LogP contribution in [0, 0.1) is 4.77 Å². The summed E-state index contributed by atoms with van der Waals surface area (Å²) in [6.07, 6.45) is 5.87. The lowest BCUT2D eigenvalue weighted by molar-refractivity contribution is 0.708. The highest BCUT2D eigenvalue weighted by molar-refractivity contribution is 7.71. The van der Waals surface area contributed by atoms with Gasteiger partial charge >= 0.3 is 0 Å². The highest BCUT2D eigenvalue weighted by atomic mass is 32.1. The molecule has 1 aliphatic carbocycles. The standard InChI is InChI=1S/C12H13N5S/c18-12-16-11(15-9-4-5-9)14-8-17(12)7-10-3-1-2-6-13-10/h1-3,6,8-9H,4-5,7H2,(H,15,16,18). The number of pyridine rings is 1. The van der Waals surface area contributed by atoms with Gasteiger partial charge in [0.25, 0.3) is 0 Å². The SMILES string of the molecule is S=c1nc(NC2CC2)ncn1Cc1ccccn1. The molecule has 0 saturated heterocycles. The zero-order chi connectivity index (χ0) is 12.4. The van der Waals surface area contributed by atoms with Gasteiger partial charge in [0.1, 0.15) is 6.33 Å². The summed E-state index contributed by atoms with van der Waals surface area (Å²) in [5.74, 6) is 0.625. The van der Waals surface area contributed by atoms with E-state index < -0.39 is 0 Å². The zero-order valence-electron chi connectivity index (χ0n) is 9.78. The van der Waals surface area contributed by atoms with Gasteiger partial charge in [-0.25, -0.2) is 4.98 Å². The minimum atomic E-state index is 0.527. The quantitative estimate of drug-likeness (QED) is 0.851. The molecule has 1 N–H and O–H groups in total. The van der Waals surface area contributed by atoms with Crippen molar-refractivity contribution in [3.8, 4) is 0 Å². The molecule has 2 heterocycles. The van der Waals surface area contributed by atoms with E-state index in [-0.39, 0.29) is 0 Å². The van der Waals surface area contributed by atoms with Crippen molar-refractivity contribution < 1.29 is 0 Å². The number of nitrogens with one attached hydrogen (secondary N) is 1. The Morgan fingerprint density at radius 2 is 2.22 bits per heavy atom. The predicted octanol–water partition coefficient (Wildman–Crippen LogP) is 2.03. The first-order valence-electron chi connectivity index (χ1n) is 5.91. The van der Waals surface area contributed by atoms with E-state index in [1.165, 1.54) is 12.8 Å². The van der Waals surface area contributed by atoms with Crippen LogP contribution in [0.5, 0.6) is 0 Å². The maximum Gasteiger partial charge on any atom is 0.227 e. The highest BCUT2D eigenvalue weighted by Crippen LogP contribution is 2.22. The Morgan fingerprint density at radius 3 is 2.89 bits per heavy atom. The molecule has 0 amide bonds. The summed E-state index contributed by atoms with van der Waals surface area (Å²) in [5.41, 5.74) is 0.945. The molecule has 92 valence electrons. The molecule has 0 unspecified atom stereocenters. The van der Waals surface area contributed by atoms with Crippen LogP contribution in [0.15, 0.2) is 30.7 Å². The molecule has 2 aromatic heterocycles. The van der Waals surface area contributed by atoms with Gasteiger partial charge in [0.15, 0.2) is 0 Å². The molecule has 18 heavy (non-hydrogen) atoms. The van der Waals surface area contributed by atoms with Gasteiger partial charge in [-0.15, -0.1) is 0 Å². The van der Waals surface area contributed by atoms with Crippen LogP contribution in [0.2, 0.25) is 0 Å². The Hall–Kier alpha value is -1.82. The van der Waals surface area contributed by atoms with Crippen molar-refractivity contribution in [2.24, 2.45) is 0 Å². The van der Waals surface area contributed by atoms with Crippen LogP contribution >= 0.6 is 12.2 Å². The lowest BCUT2D eigenvalue weighted by atomic mass is 10.3. The minimum Gasteiger partial charge on any atom is -0.351 e. The van der Waals surface area contributed by atoms with Gasteiger partial charge < -0.3 is 9.88 Å². The first-order chi connectivity index (χ1) is 8.81. The van der Waals surface area contributed by atoms with Crippen molar-refractivity contribution in [1.29, 1.82) is 0 Å². The first kappa shape index (κ1) is 11.3. The molecule has 6 heteroatoms. The second-order valence-corrected chi connectivity index (χ2v) is 4.70. The molecule has 0 aromatic carbocycles. The third-order valence-electron chi connectivity index (χ3n) is 2.74. The highest BCUT2D eigenvalue weighted by Gasteiger charge is 2.21. The lowest BCUT2D eigenvalue weighted by Crippen LogP contribution is -2.11. The molecular weight excluding hydrogens is 246 g/mol. The van der Waals surface area contributed by atoms with Crippen LogP contribution in [0.4, 0.5) is 5.95 Å². The zero-order valence-corrected chi connectivity index (χ0v) is 10.6. The van der Waals surface area contributed by atoms with Crippen molar-refractivity contribution in [2.75, 3.05) is 5.32 Å². The second kappa shape index (κ2) is 4.81. The maximum absolute atomic E-state index is 5.26. The summed E-state index contributed by atoms with van der Waals surface area (Å²) in [5, 5.41) is 3.23. The van der Waals surface area contributed by atoms with Crippen LogP contribution in [0.1, 0.15) is 18.5 Å². The van der Waals surface area contributed by atoms with Crippen molar-refractivity contribution >= 4 is 18.2 Å². The Bertz CT molecular complexity index is 591. The van der Waals surface area contributed by atoms with Gasteiger partial charge in [-0.2, -0.15) is 4.98 Å². The van der Waals surface area contributed by atoms with Crippen LogP contribution in [0.3, 0.4) is 0 Å². The fraction of sp³-hybridized carbons (Fsp3) is 0.333. The van der Waals surface area contributed by atoms with Gasteiger partial charge in [0.05, 0.1) is 12.2 Å². The molecule has 0 spiro atoms. The van der Waals surface area contributed by atoms with Crippen molar-refractivity contribution in [1.82, 2.24) is 19.5 Å². The van der Waals surface area contributed by atoms with Gasteiger partial charge in [0, 0.05) is 12.2 Å². The Morgan fingerprint density at radius 1 is 1.33 bits per heavy atom. The molecule has 5 nitrogen and oxygen atoms in total. The van der Waals surface area contributed by atoms with E-state index in [9.17, 15) is 0 Å². The predicted molar refractivity (Wildman–Crippen MR) is 70.8 cm³/mol. The summed E-state index contributed by atoms with van der Waals surface area (Å²) in [4.78, 5) is 12.8. The van der Waals surface area contributed by atoms with Crippen molar-refractivity contribution in [3.63, 3.8) is 0 Å². The summed E-state index contributed by atoms with van der Waals surface area (Å²) < 4.78 is 2.34. The smallest absolute Gasteiger partial charge is 0.227 e. The third kappa shape index (κ3) is 2.70. The average molecular weight is 259 g/mol. The number of anilines is 1. The molecule has 1 saturated carbocycles. The van der Waals surface area contributed by atoms with E-state index >= 15 is 0 Å². The van der Waals surface area contributed by atoms with E-state index in [1.54, 1.807) is 12.5 Å². The Balaban J connectivity index is 1.78. The topological polar surface area (TPSA) is 55.6 Å². The van der Waals surface area contributed by atoms with Crippen LogP contribution in [-0.4, -0.2) is 25.6 Å². The molecule has 0 radical (unpaired) electrons. The molecule has 1 fully saturated rings. The average Bonchev–Trinajstić information content (AvgIpc) is 3.18. The van der Waals surface area contributed by atoms with Crippen molar-refractivity contribution in [2.45, 2.75) is 25.4 Å². The minimum absolute atomic E-state index is 0.527. The van der Waals surface area contributed by atoms with E-state index in [2.05, 4.69) is 20.3 Å². The van der Waals surface area contributed by atoms with Gasteiger partial charge in [-0.1, -0.05) is 6.07 Å². The normalized spacial score (nSPS) is 14.4. The van der Waals surface area contributed by atoms with Crippen LogP contribution < -0.4 is 5.32 Å². The van der Waals surface area contributed by atoms with E-state index in [0.29, 0.717) is 23.3 Å². The Kier molecular flexibility index (Phi) is 3.02. The molecule has 1 aliphatic rings. The van der Waals surface area contributed by atoms with Gasteiger partial charge in [-0.05, 0) is 37.2 Å². The Labute approximate surface area is 110 Å². The van der Waals surface area contributed by atoms with Crippen LogP contribution in [0.25, 0.3) is 0 Å². The number of hydrogen-bond donors (Lipinski definition) is 1. The fourth-order valence-electron chi connectivity index (χ4n) is 1.61. The summed E-state index contributed by atoms with van der Waals surface area (Å²) in [6.45, 7) is 0.601. The summed E-state index contributed by atoms with van der Waals surface area (Å²) in [6, 6.07) is 6.33. The van der Waals surface area contributed by atoms with Crippen LogP contribution in [-0.2, 0) is 6.54 Å². The number of aromatic nitrogens is 4. The maximum atomic E-state index is 5.26. The molecular formula is C12H13N5S. The monoisotopic (exact) mass is 259 g/mol.